The van der Waals surface area contributed by atoms with Gasteiger partial charge in [-0.3, -0.25) is 0 Å². The predicted octanol–water partition coefficient (Wildman–Crippen LogP) is 5.52. The Labute approximate surface area is 112 Å². The van der Waals surface area contributed by atoms with Gasteiger partial charge in [0, 0.05) is 4.70 Å². The number of hydrogen-bond acceptors (Lipinski definition) is 1. The minimum Gasteiger partial charge on any atom is -0.144 e. The predicted molar refractivity (Wildman–Crippen MR) is 81.3 cm³/mol. The Morgan fingerprint density at radius 3 is 2.44 bits per heavy atom. The quantitative estimate of drug-likeness (QED) is 0.575. The molecule has 0 fully saturated rings. The summed E-state index contributed by atoms with van der Waals surface area (Å²) in [4.78, 5) is 0. The molecule has 0 atom stereocenters. The molecular formula is C17H16S. The lowest BCUT2D eigenvalue weighted by Crippen LogP contribution is -1.83. The zero-order valence-electron chi connectivity index (χ0n) is 10.5. The zero-order valence-corrected chi connectivity index (χ0v) is 11.3. The van der Waals surface area contributed by atoms with Crippen molar-refractivity contribution < 1.29 is 0 Å². The van der Waals surface area contributed by atoms with Crippen molar-refractivity contribution in [1.29, 1.82) is 0 Å². The van der Waals surface area contributed by atoms with Crippen LogP contribution >= 0.6 is 11.3 Å². The van der Waals surface area contributed by atoms with Crippen LogP contribution in [-0.2, 0) is 6.42 Å². The standard InChI is InChI=1S/C17H16S/c1-2-3-13-4-6-14(7-5-13)16-9-8-15-10-11-18-17(15)12-16/h4-12H,2-3H2,1H3. The Bertz CT molecular complexity index is 647. The van der Waals surface area contributed by atoms with Gasteiger partial charge in [0.1, 0.15) is 0 Å². The lowest BCUT2D eigenvalue weighted by atomic mass is 10.0. The Morgan fingerprint density at radius 2 is 1.67 bits per heavy atom. The zero-order chi connectivity index (χ0) is 12.4. The third-order valence-corrected chi connectivity index (χ3v) is 4.16. The van der Waals surface area contributed by atoms with E-state index in [1.54, 1.807) is 0 Å². The van der Waals surface area contributed by atoms with Gasteiger partial charge in [0.05, 0.1) is 0 Å². The van der Waals surface area contributed by atoms with E-state index in [-0.39, 0.29) is 0 Å². The van der Waals surface area contributed by atoms with E-state index in [4.69, 9.17) is 0 Å². The average molecular weight is 252 g/mol. The van der Waals surface area contributed by atoms with Crippen molar-refractivity contribution in [3.8, 4) is 11.1 Å². The molecule has 3 rings (SSSR count). The first-order chi connectivity index (χ1) is 8.86. The van der Waals surface area contributed by atoms with Crippen molar-refractivity contribution in [1.82, 2.24) is 0 Å². The molecule has 0 amide bonds. The summed E-state index contributed by atoms with van der Waals surface area (Å²) in [6.45, 7) is 2.22. The number of aryl methyl sites for hydroxylation is 1. The number of benzene rings is 2. The van der Waals surface area contributed by atoms with Gasteiger partial charge in [0.15, 0.2) is 0 Å². The van der Waals surface area contributed by atoms with Crippen molar-refractivity contribution in [2.24, 2.45) is 0 Å². The van der Waals surface area contributed by atoms with E-state index < -0.39 is 0 Å². The van der Waals surface area contributed by atoms with Crippen LogP contribution in [0.5, 0.6) is 0 Å². The number of fused-ring (bicyclic) bond motifs is 1. The highest BCUT2D eigenvalue weighted by Gasteiger charge is 2.01. The molecule has 18 heavy (non-hydrogen) atoms. The van der Waals surface area contributed by atoms with Crippen molar-refractivity contribution in [2.75, 3.05) is 0 Å². The van der Waals surface area contributed by atoms with Crippen LogP contribution < -0.4 is 0 Å². The van der Waals surface area contributed by atoms with E-state index in [1.165, 1.54) is 39.6 Å². The molecule has 90 valence electrons. The highest BCUT2D eigenvalue weighted by molar-refractivity contribution is 7.17. The molecule has 0 bridgehead atoms. The van der Waals surface area contributed by atoms with Crippen LogP contribution in [0.15, 0.2) is 53.9 Å². The minimum atomic E-state index is 1.17. The lowest BCUT2D eigenvalue weighted by Gasteiger charge is -2.04. The molecule has 0 aliphatic heterocycles. The number of rotatable bonds is 3. The number of hydrogen-bond donors (Lipinski definition) is 0. The molecule has 0 saturated carbocycles. The van der Waals surface area contributed by atoms with Crippen LogP contribution in [-0.4, -0.2) is 0 Å². The summed E-state index contributed by atoms with van der Waals surface area (Å²) in [5.74, 6) is 0. The van der Waals surface area contributed by atoms with E-state index in [0.29, 0.717) is 0 Å². The van der Waals surface area contributed by atoms with Gasteiger partial charge >= 0.3 is 0 Å². The van der Waals surface area contributed by atoms with Crippen molar-refractivity contribution in [3.05, 3.63) is 59.5 Å². The van der Waals surface area contributed by atoms with E-state index in [1.807, 2.05) is 11.3 Å². The van der Waals surface area contributed by atoms with Crippen LogP contribution in [0, 0.1) is 0 Å². The topological polar surface area (TPSA) is 0 Å². The Morgan fingerprint density at radius 1 is 0.889 bits per heavy atom. The smallest absolute Gasteiger partial charge is 0.0348 e. The maximum absolute atomic E-state index is 2.29. The van der Waals surface area contributed by atoms with Gasteiger partial charge in [-0.2, -0.15) is 0 Å². The van der Waals surface area contributed by atoms with Crippen molar-refractivity contribution in [3.63, 3.8) is 0 Å². The van der Waals surface area contributed by atoms with E-state index in [0.717, 1.165) is 0 Å². The van der Waals surface area contributed by atoms with E-state index in [2.05, 4.69) is 60.8 Å². The lowest BCUT2D eigenvalue weighted by molar-refractivity contribution is 0.922. The molecule has 1 heteroatoms. The van der Waals surface area contributed by atoms with Crippen LogP contribution in [0.1, 0.15) is 18.9 Å². The summed E-state index contributed by atoms with van der Waals surface area (Å²) in [7, 11) is 0. The normalized spacial score (nSPS) is 10.9. The van der Waals surface area contributed by atoms with E-state index >= 15 is 0 Å². The van der Waals surface area contributed by atoms with Gasteiger partial charge in [-0.25, -0.2) is 0 Å². The first kappa shape index (κ1) is 11.5. The van der Waals surface area contributed by atoms with Crippen LogP contribution in [0.2, 0.25) is 0 Å². The fraction of sp³-hybridized carbons (Fsp3) is 0.176. The van der Waals surface area contributed by atoms with E-state index in [9.17, 15) is 0 Å². The summed E-state index contributed by atoms with van der Waals surface area (Å²) >= 11 is 1.81. The molecule has 0 unspecified atom stereocenters. The SMILES string of the molecule is CCCc1ccc(-c2ccc3ccsc3c2)cc1. The second-order valence-corrected chi connectivity index (χ2v) is 5.57. The minimum absolute atomic E-state index is 1.17. The van der Waals surface area contributed by atoms with Gasteiger partial charge in [0.25, 0.3) is 0 Å². The summed E-state index contributed by atoms with van der Waals surface area (Å²) in [5, 5.41) is 3.49. The summed E-state index contributed by atoms with van der Waals surface area (Å²) < 4.78 is 1.37. The molecule has 1 heterocycles. The molecule has 1 aromatic heterocycles. The van der Waals surface area contributed by atoms with Crippen molar-refractivity contribution >= 4 is 21.4 Å². The molecule has 0 spiro atoms. The maximum atomic E-state index is 2.29. The highest BCUT2D eigenvalue weighted by Crippen LogP contribution is 2.27. The van der Waals surface area contributed by atoms with Gasteiger partial charge in [-0.15, -0.1) is 11.3 Å². The van der Waals surface area contributed by atoms with Gasteiger partial charge in [-0.1, -0.05) is 49.7 Å². The first-order valence-electron chi connectivity index (χ1n) is 6.43. The summed E-state index contributed by atoms with van der Waals surface area (Å²) in [6.07, 6.45) is 2.38. The fourth-order valence-electron chi connectivity index (χ4n) is 2.29. The Balaban J connectivity index is 1.97. The number of thiophene rings is 1. The molecule has 0 nitrogen and oxygen atoms in total. The molecule has 0 radical (unpaired) electrons. The summed E-state index contributed by atoms with van der Waals surface area (Å²) in [5.41, 5.74) is 4.05. The molecule has 0 aliphatic carbocycles. The van der Waals surface area contributed by atoms with Crippen LogP contribution in [0.4, 0.5) is 0 Å². The third-order valence-electron chi connectivity index (χ3n) is 3.28. The second-order valence-electron chi connectivity index (χ2n) is 4.62. The molecule has 0 aliphatic rings. The third kappa shape index (κ3) is 2.19. The fourth-order valence-corrected chi connectivity index (χ4v) is 3.12. The maximum Gasteiger partial charge on any atom is 0.0348 e. The van der Waals surface area contributed by atoms with Gasteiger partial charge < -0.3 is 0 Å². The molecule has 0 N–H and O–H groups in total. The van der Waals surface area contributed by atoms with Crippen LogP contribution in [0.25, 0.3) is 21.2 Å². The van der Waals surface area contributed by atoms with Gasteiger partial charge in [0.2, 0.25) is 0 Å². The monoisotopic (exact) mass is 252 g/mol. The van der Waals surface area contributed by atoms with Gasteiger partial charge in [-0.05, 0) is 46.0 Å². The molecule has 3 aromatic rings. The molecular weight excluding hydrogens is 236 g/mol. The molecule has 2 aromatic carbocycles. The van der Waals surface area contributed by atoms with Crippen molar-refractivity contribution in [2.45, 2.75) is 19.8 Å². The summed E-state index contributed by atoms with van der Waals surface area (Å²) in [6, 6.07) is 17.8. The largest absolute Gasteiger partial charge is 0.144 e. The molecule has 0 saturated heterocycles. The van der Waals surface area contributed by atoms with Crippen LogP contribution in [0.3, 0.4) is 0 Å². The Hall–Kier alpha value is -1.60. The second kappa shape index (κ2) is 4.95. The Kier molecular flexibility index (Phi) is 3.16. The average Bonchev–Trinajstić information content (AvgIpc) is 2.87. The highest BCUT2D eigenvalue weighted by atomic mass is 32.1. The first-order valence-corrected chi connectivity index (χ1v) is 7.31.